The number of hydrogen-bond donors (Lipinski definition) is 2. The fourth-order valence-corrected chi connectivity index (χ4v) is 2.93. The molecule has 0 saturated heterocycles. The molecule has 20 heavy (non-hydrogen) atoms. The van der Waals surface area contributed by atoms with Gasteiger partial charge in [-0.1, -0.05) is 28.1 Å². The standard InChI is InChI=1S/C13H14BrN3OS.ClH/c1-15-8-12(18)17-13-16-7-11(19-13)6-9-3-2-4-10(14)5-9;/h2-5,7,15H,6,8H2,1H3,(H,16,17,18);1H. The molecule has 0 atom stereocenters. The van der Waals surface area contributed by atoms with Crippen molar-refractivity contribution in [3.63, 3.8) is 0 Å². The minimum absolute atomic E-state index is 0. The zero-order valence-electron chi connectivity index (χ0n) is 10.9. The second kappa shape index (κ2) is 8.36. The predicted octanol–water partition coefficient (Wildman–Crippen LogP) is 3.08. The Morgan fingerprint density at radius 2 is 2.25 bits per heavy atom. The normalized spacial score (nSPS) is 9.90. The van der Waals surface area contributed by atoms with Gasteiger partial charge in [0, 0.05) is 22.0 Å². The van der Waals surface area contributed by atoms with E-state index in [4.69, 9.17) is 0 Å². The highest BCUT2D eigenvalue weighted by molar-refractivity contribution is 9.10. The number of rotatable bonds is 5. The highest BCUT2D eigenvalue weighted by Crippen LogP contribution is 2.22. The van der Waals surface area contributed by atoms with Gasteiger partial charge in [0.15, 0.2) is 5.13 Å². The van der Waals surface area contributed by atoms with Crippen LogP contribution in [0.15, 0.2) is 34.9 Å². The van der Waals surface area contributed by atoms with Gasteiger partial charge < -0.3 is 10.6 Å². The van der Waals surface area contributed by atoms with Gasteiger partial charge in [0.1, 0.15) is 0 Å². The van der Waals surface area contributed by atoms with Crippen molar-refractivity contribution < 1.29 is 4.79 Å². The van der Waals surface area contributed by atoms with Crippen LogP contribution in [-0.4, -0.2) is 24.5 Å². The summed E-state index contributed by atoms with van der Waals surface area (Å²) in [6.07, 6.45) is 2.62. The molecule has 2 aromatic rings. The Morgan fingerprint density at radius 1 is 1.45 bits per heavy atom. The molecule has 0 spiro atoms. The molecule has 0 unspecified atom stereocenters. The third-order valence-corrected chi connectivity index (χ3v) is 3.81. The Labute approximate surface area is 136 Å². The lowest BCUT2D eigenvalue weighted by Gasteiger charge is -2.00. The molecule has 1 amide bonds. The molecule has 1 aromatic heterocycles. The first-order chi connectivity index (χ1) is 9.17. The van der Waals surface area contributed by atoms with Gasteiger partial charge in [-0.2, -0.15) is 0 Å². The third kappa shape index (κ3) is 5.20. The van der Waals surface area contributed by atoms with Gasteiger partial charge >= 0.3 is 0 Å². The Balaban J connectivity index is 0.00000200. The maximum atomic E-state index is 11.4. The molecule has 7 heteroatoms. The molecule has 4 nitrogen and oxygen atoms in total. The second-order valence-electron chi connectivity index (χ2n) is 4.02. The predicted molar refractivity (Wildman–Crippen MR) is 88.9 cm³/mol. The summed E-state index contributed by atoms with van der Waals surface area (Å²) < 4.78 is 1.07. The molecule has 108 valence electrons. The second-order valence-corrected chi connectivity index (χ2v) is 6.05. The van der Waals surface area contributed by atoms with Crippen LogP contribution in [0.4, 0.5) is 5.13 Å². The number of benzene rings is 1. The number of hydrogen-bond acceptors (Lipinski definition) is 4. The highest BCUT2D eigenvalue weighted by atomic mass is 79.9. The quantitative estimate of drug-likeness (QED) is 0.843. The van der Waals surface area contributed by atoms with Crippen LogP contribution >= 0.6 is 39.7 Å². The SMILES string of the molecule is CNCC(=O)Nc1ncc(Cc2cccc(Br)c2)s1.Cl. The lowest BCUT2D eigenvalue weighted by Crippen LogP contribution is -2.24. The minimum Gasteiger partial charge on any atom is -0.311 e. The number of likely N-dealkylation sites (N-methyl/N-ethyl adjacent to an activating group) is 1. The molecule has 2 rings (SSSR count). The van der Waals surface area contributed by atoms with Gasteiger partial charge in [0.05, 0.1) is 6.54 Å². The molecule has 0 aliphatic carbocycles. The first kappa shape index (κ1) is 17.1. The van der Waals surface area contributed by atoms with Crippen molar-refractivity contribution in [2.45, 2.75) is 6.42 Å². The Morgan fingerprint density at radius 3 is 2.95 bits per heavy atom. The number of amides is 1. The Hall–Kier alpha value is -0.950. The van der Waals surface area contributed by atoms with E-state index in [9.17, 15) is 4.79 Å². The molecule has 2 N–H and O–H groups in total. The summed E-state index contributed by atoms with van der Waals surface area (Å²) in [5, 5.41) is 6.20. The lowest BCUT2D eigenvalue weighted by atomic mass is 10.1. The summed E-state index contributed by atoms with van der Waals surface area (Å²) in [4.78, 5) is 16.7. The molecule has 0 bridgehead atoms. The van der Waals surface area contributed by atoms with Crippen molar-refractivity contribution in [3.05, 3.63) is 45.4 Å². The van der Waals surface area contributed by atoms with E-state index in [0.717, 1.165) is 15.8 Å². The summed E-state index contributed by atoms with van der Waals surface area (Å²) >= 11 is 4.96. The number of halogens is 2. The summed E-state index contributed by atoms with van der Waals surface area (Å²) in [6, 6.07) is 8.17. The maximum Gasteiger partial charge on any atom is 0.240 e. The summed E-state index contributed by atoms with van der Waals surface area (Å²) in [5.41, 5.74) is 1.21. The molecule has 1 heterocycles. The van der Waals surface area contributed by atoms with Crippen molar-refractivity contribution in [3.8, 4) is 0 Å². The Kier molecular flexibility index (Phi) is 7.15. The van der Waals surface area contributed by atoms with Gasteiger partial charge in [0.2, 0.25) is 5.91 Å². The molecule has 0 aliphatic heterocycles. The van der Waals surface area contributed by atoms with E-state index in [1.807, 2.05) is 12.1 Å². The molecule has 0 fully saturated rings. The van der Waals surface area contributed by atoms with Crippen molar-refractivity contribution in [1.82, 2.24) is 10.3 Å². The van der Waals surface area contributed by atoms with Gasteiger partial charge in [0.25, 0.3) is 0 Å². The average Bonchev–Trinajstić information content (AvgIpc) is 2.76. The third-order valence-electron chi connectivity index (χ3n) is 2.40. The van der Waals surface area contributed by atoms with E-state index in [1.54, 1.807) is 13.2 Å². The first-order valence-corrected chi connectivity index (χ1v) is 7.42. The number of carbonyl (C=O) groups is 1. The fraction of sp³-hybridized carbons (Fsp3) is 0.231. The number of anilines is 1. The molecular weight excluding hydrogens is 362 g/mol. The largest absolute Gasteiger partial charge is 0.311 e. The zero-order chi connectivity index (χ0) is 13.7. The van der Waals surface area contributed by atoms with Crippen LogP contribution in [-0.2, 0) is 11.2 Å². The van der Waals surface area contributed by atoms with E-state index in [0.29, 0.717) is 11.7 Å². The van der Waals surface area contributed by atoms with Crippen molar-refractivity contribution in [2.75, 3.05) is 18.9 Å². The molecule has 0 aliphatic rings. The number of nitrogens with one attached hydrogen (secondary N) is 2. The van der Waals surface area contributed by atoms with Crippen molar-refractivity contribution in [1.29, 1.82) is 0 Å². The van der Waals surface area contributed by atoms with E-state index in [-0.39, 0.29) is 18.3 Å². The van der Waals surface area contributed by atoms with Crippen LogP contribution in [0.3, 0.4) is 0 Å². The van der Waals surface area contributed by atoms with Crippen LogP contribution in [0.2, 0.25) is 0 Å². The number of thiazole rings is 1. The number of aromatic nitrogens is 1. The Bertz CT molecular complexity index is 576. The van der Waals surface area contributed by atoms with E-state index in [1.165, 1.54) is 16.9 Å². The van der Waals surface area contributed by atoms with Gasteiger partial charge in [-0.25, -0.2) is 4.98 Å². The van der Waals surface area contributed by atoms with Crippen LogP contribution in [0.1, 0.15) is 10.4 Å². The van der Waals surface area contributed by atoms with Crippen LogP contribution in [0.5, 0.6) is 0 Å². The van der Waals surface area contributed by atoms with Crippen molar-refractivity contribution >= 4 is 50.7 Å². The van der Waals surface area contributed by atoms with Crippen LogP contribution in [0.25, 0.3) is 0 Å². The van der Waals surface area contributed by atoms with Gasteiger partial charge in [-0.3, -0.25) is 4.79 Å². The summed E-state index contributed by atoms with van der Waals surface area (Å²) in [5.74, 6) is -0.0779. The van der Waals surface area contributed by atoms with Crippen molar-refractivity contribution in [2.24, 2.45) is 0 Å². The van der Waals surface area contributed by atoms with Crippen LogP contribution in [0, 0.1) is 0 Å². The summed E-state index contributed by atoms with van der Waals surface area (Å²) in [6.45, 7) is 0.292. The topological polar surface area (TPSA) is 54.0 Å². The smallest absolute Gasteiger partial charge is 0.240 e. The number of nitrogens with zero attached hydrogens (tertiary/aromatic N) is 1. The number of carbonyl (C=O) groups excluding carboxylic acids is 1. The first-order valence-electron chi connectivity index (χ1n) is 5.81. The maximum absolute atomic E-state index is 11.4. The molecule has 0 saturated carbocycles. The zero-order valence-corrected chi connectivity index (χ0v) is 14.1. The van der Waals surface area contributed by atoms with Crippen LogP contribution < -0.4 is 10.6 Å². The fourth-order valence-electron chi connectivity index (χ4n) is 1.62. The lowest BCUT2D eigenvalue weighted by molar-refractivity contribution is -0.115. The average molecular weight is 377 g/mol. The highest BCUT2D eigenvalue weighted by Gasteiger charge is 2.06. The van der Waals surface area contributed by atoms with E-state index < -0.39 is 0 Å². The van der Waals surface area contributed by atoms with E-state index in [2.05, 4.69) is 43.7 Å². The van der Waals surface area contributed by atoms with Gasteiger partial charge in [-0.05, 0) is 24.7 Å². The molecular formula is C13H15BrClN3OS. The van der Waals surface area contributed by atoms with Gasteiger partial charge in [-0.15, -0.1) is 23.7 Å². The molecule has 1 aromatic carbocycles. The minimum atomic E-state index is -0.0779. The van der Waals surface area contributed by atoms with E-state index >= 15 is 0 Å². The molecule has 0 radical (unpaired) electrons. The summed E-state index contributed by atoms with van der Waals surface area (Å²) in [7, 11) is 1.74. The monoisotopic (exact) mass is 375 g/mol.